The first kappa shape index (κ1) is 31.4. The number of benzene rings is 1. The molecule has 0 aliphatic carbocycles. The maximum atomic E-state index is 13.5. The third kappa shape index (κ3) is 6.85. The number of thioether (sulfide) groups is 1. The lowest BCUT2D eigenvalue weighted by Crippen LogP contribution is -2.71. The summed E-state index contributed by atoms with van der Waals surface area (Å²) in [5, 5.41) is 5.49. The minimum Gasteiger partial charge on any atom is -0.497 e. The number of nitrogens with zero attached hydrogens (tertiary/aromatic N) is 5. The van der Waals surface area contributed by atoms with E-state index in [1.807, 2.05) is 20.2 Å². The maximum absolute atomic E-state index is 13.5. The maximum Gasteiger partial charge on any atom is 0.355 e. The number of hydroxylamine groups is 3. The number of amides is 2. The van der Waals surface area contributed by atoms with Crippen molar-refractivity contribution in [1.29, 1.82) is 0 Å². The van der Waals surface area contributed by atoms with Crippen molar-refractivity contribution in [2.45, 2.75) is 30.5 Å². The van der Waals surface area contributed by atoms with Gasteiger partial charge in [-0.3, -0.25) is 14.5 Å². The summed E-state index contributed by atoms with van der Waals surface area (Å²) >= 11 is 2.17. The molecule has 234 valence electrons. The van der Waals surface area contributed by atoms with Gasteiger partial charge in [0.15, 0.2) is 5.13 Å². The average molecular weight is 649 g/mol. The van der Waals surface area contributed by atoms with Gasteiger partial charge >= 0.3 is 5.97 Å². The van der Waals surface area contributed by atoms with Crippen LogP contribution in [0.15, 0.2) is 52.8 Å². The number of halogens is 1. The summed E-state index contributed by atoms with van der Waals surface area (Å²) in [6.07, 6.45) is 4.31. The van der Waals surface area contributed by atoms with Gasteiger partial charge in [0.05, 0.1) is 21.2 Å². The van der Waals surface area contributed by atoms with E-state index < -0.39 is 41.8 Å². The number of nitrogens with one attached hydrogen (secondary N) is 1. The molecule has 0 radical (unpaired) electrons. The van der Waals surface area contributed by atoms with E-state index in [4.69, 9.17) is 20.0 Å². The number of carbonyl (C=O) groups excluding carboxylic acids is 3. The van der Waals surface area contributed by atoms with Crippen molar-refractivity contribution in [1.82, 2.24) is 19.6 Å². The second kappa shape index (κ2) is 13.3. The highest BCUT2D eigenvalue weighted by atomic mass is 32.2. The summed E-state index contributed by atoms with van der Waals surface area (Å²) < 4.78 is 27.8. The molecule has 3 N–H and O–H groups in total. The minimum atomic E-state index is -1.30. The number of carbonyl (C=O) groups is 3. The Kier molecular flexibility index (Phi) is 9.48. The second-order valence-electron chi connectivity index (χ2n) is 10.4. The summed E-state index contributed by atoms with van der Waals surface area (Å²) in [4.78, 5) is 55.7. The van der Waals surface area contributed by atoms with Crippen LogP contribution in [0.5, 0.6) is 5.75 Å². The standard InChI is InChI=1S/C27H30FN7O7S2/c1-35(2)11-10-18(42-35)9-6-16-13-43-25-20(30-23(36)19(32-41-14-28)22-31-27(29)44-33-22)24(37)34(25)21(16)26(38)40-12-15-4-7-17(39-3)8-5-15/h4-9,18,20,25H,10-14H2,1-3H3,(H2-,29,30,31,33,36)/p+1/b9-6+,32-19-/t18?,20-,25-/m1/s1. The number of quaternary nitrogens is 1. The molecule has 1 unspecified atom stereocenters. The molecule has 1 aromatic heterocycles. The number of hydrogen-bond donors (Lipinski definition) is 2. The van der Waals surface area contributed by atoms with Gasteiger partial charge < -0.3 is 25.4 Å². The lowest BCUT2D eigenvalue weighted by molar-refractivity contribution is -1.06. The Labute approximate surface area is 260 Å². The molecule has 2 saturated heterocycles. The number of ether oxygens (including phenoxy) is 2. The average Bonchev–Trinajstić information content (AvgIpc) is 3.61. The zero-order valence-electron chi connectivity index (χ0n) is 24.1. The number of aromatic nitrogens is 2. The summed E-state index contributed by atoms with van der Waals surface area (Å²) in [7, 11) is 5.48. The number of anilines is 1. The van der Waals surface area contributed by atoms with Gasteiger partial charge in [0.25, 0.3) is 18.7 Å². The van der Waals surface area contributed by atoms with E-state index in [9.17, 15) is 18.8 Å². The third-order valence-corrected chi connectivity index (χ3v) is 8.81. The van der Waals surface area contributed by atoms with Gasteiger partial charge in [0.2, 0.25) is 11.5 Å². The summed E-state index contributed by atoms with van der Waals surface area (Å²) in [5.74, 6) is -1.25. The predicted octanol–water partition coefficient (Wildman–Crippen LogP) is 1.51. The van der Waals surface area contributed by atoms with E-state index in [1.165, 1.54) is 16.7 Å². The summed E-state index contributed by atoms with van der Waals surface area (Å²) in [6.45, 7) is -0.492. The number of esters is 1. The Bertz CT molecular complexity index is 1510. The van der Waals surface area contributed by atoms with Crippen molar-refractivity contribution in [3.63, 3.8) is 0 Å². The molecule has 0 bridgehead atoms. The molecule has 3 aliphatic heterocycles. The number of allylic oxidation sites excluding steroid dienone is 1. The molecule has 3 aliphatic rings. The highest BCUT2D eigenvalue weighted by Gasteiger charge is 2.54. The van der Waals surface area contributed by atoms with Gasteiger partial charge in [-0.25, -0.2) is 9.18 Å². The fourth-order valence-corrected chi connectivity index (χ4v) is 6.53. The van der Waals surface area contributed by atoms with Gasteiger partial charge in [-0.05, 0) is 29.3 Å². The zero-order chi connectivity index (χ0) is 31.4. The number of nitrogen functional groups attached to an aromatic ring is 1. The molecule has 2 fully saturated rings. The molecule has 44 heavy (non-hydrogen) atoms. The summed E-state index contributed by atoms with van der Waals surface area (Å²) in [6, 6.07) is 6.03. The molecule has 17 heteroatoms. The van der Waals surface area contributed by atoms with Crippen LogP contribution in [0.4, 0.5) is 9.52 Å². The van der Waals surface area contributed by atoms with Crippen molar-refractivity contribution < 1.29 is 42.6 Å². The molecule has 2 aromatic rings. The van der Waals surface area contributed by atoms with Gasteiger partial charge in [-0.2, -0.15) is 18.8 Å². The Morgan fingerprint density at radius 3 is 2.73 bits per heavy atom. The molecular weight excluding hydrogens is 617 g/mol. The van der Waals surface area contributed by atoms with E-state index in [1.54, 1.807) is 37.5 Å². The number of alkyl halides is 1. The summed E-state index contributed by atoms with van der Waals surface area (Å²) in [5.41, 5.74) is 6.58. The minimum absolute atomic E-state index is 0.0289. The number of nitrogens with two attached hydrogens (primary N) is 1. The number of fused-ring (bicyclic) bond motifs is 1. The molecule has 0 spiro atoms. The van der Waals surface area contributed by atoms with Gasteiger partial charge in [-0.15, -0.1) is 11.8 Å². The van der Waals surface area contributed by atoms with Crippen molar-refractivity contribution in [2.24, 2.45) is 5.16 Å². The van der Waals surface area contributed by atoms with E-state index in [2.05, 4.69) is 24.7 Å². The number of hydrogen-bond acceptors (Lipinski definition) is 13. The number of rotatable bonds is 11. The highest BCUT2D eigenvalue weighted by molar-refractivity contribution is 8.00. The van der Waals surface area contributed by atoms with E-state index in [0.717, 1.165) is 30.1 Å². The molecule has 0 saturated carbocycles. The predicted molar refractivity (Wildman–Crippen MR) is 158 cm³/mol. The molecule has 5 rings (SSSR count). The lowest BCUT2D eigenvalue weighted by Gasteiger charge is -2.49. The van der Waals surface area contributed by atoms with Crippen LogP contribution in [0.2, 0.25) is 0 Å². The Balaban J connectivity index is 1.35. The van der Waals surface area contributed by atoms with Crippen LogP contribution >= 0.6 is 23.3 Å². The quantitative estimate of drug-likeness (QED) is 0.119. The topological polar surface area (TPSA) is 168 Å². The van der Waals surface area contributed by atoms with Crippen molar-refractivity contribution in [3.05, 3.63) is 59.1 Å². The van der Waals surface area contributed by atoms with E-state index >= 15 is 0 Å². The van der Waals surface area contributed by atoms with Gasteiger partial charge in [0.1, 0.15) is 42.1 Å². The van der Waals surface area contributed by atoms with Crippen molar-refractivity contribution in [3.8, 4) is 5.75 Å². The van der Waals surface area contributed by atoms with Crippen LogP contribution in [-0.2, 0) is 35.4 Å². The first-order valence-corrected chi connectivity index (χ1v) is 15.3. The van der Waals surface area contributed by atoms with Gasteiger partial charge in [-0.1, -0.05) is 23.4 Å². The first-order chi connectivity index (χ1) is 21.1. The molecule has 3 atom stereocenters. The van der Waals surface area contributed by atoms with Crippen LogP contribution < -0.4 is 15.8 Å². The van der Waals surface area contributed by atoms with E-state index in [-0.39, 0.29) is 29.4 Å². The monoisotopic (exact) mass is 648 g/mol. The van der Waals surface area contributed by atoms with Crippen LogP contribution in [0.1, 0.15) is 17.8 Å². The number of methoxy groups -OCH3 is 1. The normalized spacial score (nSPS) is 22.9. The molecule has 2 amide bonds. The molecular formula is C27H31FN7O7S2+. The molecule has 4 heterocycles. The second-order valence-corrected chi connectivity index (χ2v) is 12.3. The third-order valence-electron chi connectivity index (χ3n) is 6.96. The number of oxime groups is 1. The Morgan fingerprint density at radius 2 is 2.09 bits per heavy atom. The Hall–Kier alpha value is -4.06. The van der Waals surface area contributed by atoms with Gasteiger partial charge in [0, 0.05) is 23.7 Å². The smallest absolute Gasteiger partial charge is 0.355 e. The van der Waals surface area contributed by atoms with Crippen LogP contribution in [0.3, 0.4) is 0 Å². The van der Waals surface area contributed by atoms with E-state index in [0.29, 0.717) is 21.7 Å². The Morgan fingerprint density at radius 1 is 1.32 bits per heavy atom. The fraction of sp³-hybridized carbons (Fsp3) is 0.407. The zero-order valence-corrected chi connectivity index (χ0v) is 25.7. The molecule has 1 aromatic carbocycles. The first-order valence-electron chi connectivity index (χ1n) is 13.4. The van der Waals surface area contributed by atoms with Crippen molar-refractivity contribution >= 4 is 51.9 Å². The fourth-order valence-electron chi connectivity index (χ4n) is 4.78. The van der Waals surface area contributed by atoms with Crippen LogP contribution in [-0.4, -0.2) is 100 Å². The largest absolute Gasteiger partial charge is 0.497 e. The highest BCUT2D eigenvalue weighted by Crippen LogP contribution is 2.41. The number of β-lactam (4-membered cyclic amide) rings is 1. The van der Waals surface area contributed by atoms with Crippen molar-refractivity contribution in [2.75, 3.05) is 46.1 Å². The van der Waals surface area contributed by atoms with Crippen LogP contribution in [0.25, 0.3) is 0 Å². The SMILES string of the molecule is COc1ccc(COC(=O)C2=C(/C=C/C3CC[N+](C)(C)O3)CS[C@@H]3[C@H](NC(=O)/C(=N\OCF)c4nsc(N)n4)C(=O)N23)cc1. The van der Waals surface area contributed by atoms with Crippen LogP contribution in [0, 0.1) is 0 Å². The lowest BCUT2D eigenvalue weighted by atomic mass is 10.0. The molecule has 14 nitrogen and oxygen atoms in total.